The maximum Gasteiger partial charge on any atom is 0.223 e. The smallest absolute Gasteiger partial charge is 0.223 e. The van der Waals surface area contributed by atoms with Gasteiger partial charge in [0.15, 0.2) is 0 Å². The lowest BCUT2D eigenvalue weighted by Gasteiger charge is -2.24. The molecule has 0 aliphatic carbocycles. The van der Waals surface area contributed by atoms with E-state index in [1.807, 2.05) is 19.1 Å². The van der Waals surface area contributed by atoms with Gasteiger partial charge >= 0.3 is 0 Å². The molecule has 0 spiro atoms. The van der Waals surface area contributed by atoms with Gasteiger partial charge in [-0.25, -0.2) is 0 Å². The molecule has 19 heavy (non-hydrogen) atoms. The van der Waals surface area contributed by atoms with Crippen LogP contribution in [0, 0.1) is 12.8 Å². The van der Waals surface area contributed by atoms with E-state index in [0.717, 1.165) is 37.5 Å². The monoisotopic (exact) mass is 266 g/mol. The third kappa shape index (κ3) is 3.81. The zero-order chi connectivity index (χ0) is 13.7. The zero-order valence-electron chi connectivity index (χ0n) is 11.6. The number of piperidine rings is 1. The van der Waals surface area contributed by atoms with E-state index in [0.29, 0.717) is 6.61 Å². The second kappa shape index (κ2) is 6.73. The summed E-state index contributed by atoms with van der Waals surface area (Å²) in [6.07, 6.45) is 1.78. The van der Waals surface area contributed by atoms with Crippen molar-refractivity contribution in [1.29, 1.82) is 0 Å². The molecule has 5 nitrogen and oxygen atoms in total. The summed E-state index contributed by atoms with van der Waals surface area (Å²) in [6, 6.07) is 3.58. The van der Waals surface area contributed by atoms with Crippen molar-refractivity contribution in [2.45, 2.75) is 25.8 Å². The van der Waals surface area contributed by atoms with Crippen molar-refractivity contribution in [3.05, 3.63) is 23.7 Å². The van der Waals surface area contributed by atoms with Crippen molar-refractivity contribution < 1.29 is 13.9 Å². The van der Waals surface area contributed by atoms with Crippen molar-refractivity contribution >= 4 is 5.91 Å². The van der Waals surface area contributed by atoms with Gasteiger partial charge in [0, 0.05) is 13.0 Å². The van der Waals surface area contributed by atoms with Crippen LogP contribution in [0.15, 0.2) is 16.5 Å². The van der Waals surface area contributed by atoms with Crippen LogP contribution >= 0.6 is 0 Å². The quantitative estimate of drug-likeness (QED) is 0.845. The molecule has 0 bridgehead atoms. The number of aryl methyl sites for hydroxylation is 1. The third-order valence-corrected chi connectivity index (χ3v) is 3.46. The minimum Gasteiger partial charge on any atom is -0.464 e. The summed E-state index contributed by atoms with van der Waals surface area (Å²) in [7, 11) is 1.62. The lowest BCUT2D eigenvalue weighted by Crippen LogP contribution is -2.40. The third-order valence-electron chi connectivity index (χ3n) is 3.46. The van der Waals surface area contributed by atoms with Crippen molar-refractivity contribution in [2.24, 2.45) is 5.92 Å². The first kappa shape index (κ1) is 14.1. The lowest BCUT2D eigenvalue weighted by atomic mass is 9.97. The van der Waals surface area contributed by atoms with E-state index in [-0.39, 0.29) is 17.9 Å². The summed E-state index contributed by atoms with van der Waals surface area (Å²) in [6.45, 7) is 4.13. The van der Waals surface area contributed by atoms with E-state index in [4.69, 9.17) is 9.15 Å². The number of methoxy groups -OCH3 is 1. The van der Waals surface area contributed by atoms with Crippen LogP contribution in [0.2, 0.25) is 0 Å². The lowest BCUT2D eigenvalue weighted by molar-refractivity contribution is -0.127. The van der Waals surface area contributed by atoms with E-state index >= 15 is 0 Å². The van der Waals surface area contributed by atoms with Gasteiger partial charge in [-0.05, 0) is 45.0 Å². The molecule has 2 rings (SSSR count). The van der Waals surface area contributed by atoms with Gasteiger partial charge < -0.3 is 19.8 Å². The minimum absolute atomic E-state index is 0.0941. The van der Waals surface area contributed by atoms with Gasteiger partial charge in [0.1, 0.15) is 17.6 Å². The molecule has 5 heteroatoms. The molecular weight excluding hydrogens is 244 g/mol. The molecule has 1 unspecified atom stereocenters. The molecule has 1 aliphatic rings. The maximum absolute atomic E-state index is 12.2. The second-order valence-corrected chi connectivity index (χ2v) is 4.99. The van der Waals surface area contributed by atoms with E-state index in [1.54, 1.807) is 7.11 Å². The van der Waals surface area contributed by atoms with Gasteiger partial charge in [0.25, 0.3) is 0 Å². The van der Waals surface area contributed by atoms with Crippen molar-refractivity contribution in [2.75, 3.05) is 26.8 Å². The number of carbonyl (C=O) groups excluding carboxylic acids is 1. The van der Waals surface area contributed by atoms with E-state index in [9.17, 15) is 4.79 Å². The molecule has 1 amide bonds. The van der Waals surface area contributed by atoms with E-state index in [2.05, 4.69) is 10.6 Å². The van der Waals surface area contributed by atoms with Gasteiger partial charge in [-0.15, -0.1) is 0 Å². The summed E-state index contributed by atoms with van der Waals surface area (Å²) in [4.78, 5) is 12.2. The van der Waals surface area contributed by atoms with E-state index < -0.39 is 0 Å². The highest BCUT2D eigenvalue weighted by molar-refractivity contribution is 5.79. The Morgan fingerprint density at radius 1 is 1.53 bits per heavy atom. The van der Waals surface area contributed by atoms with Crippen LogP contribution in [-0.4, -0.2) is 32.7 Å². The first-order valence-electron chi connectivity index (χ1n) is 6.77. The predicted molar refractivity (Wildman–Crippen MR) is 71.8 cm³/mol. The van der Waals surface area contributed by atoms with Crippen LogP contribution in [0.5, 0.6) is 0 Å². The number of carbonyl (C=O) groups is 1. The fourth-order valence-electron chi connectivity index (χ4n) is 2.38. The number of amides is 1. The number of hydrogen-bond acceptors (Lipinski definition) is 4. The molecule has 1 aromatic rings. The number of ether oxygens (including phenoxy) is 1. The van der Waals surface area contributed by atoms with Crippen LogP contribution in [0.3, 0.4) is 0 Å². The number of nitrogens with one attached hydrogen (secondary N) is 2. The second-order valence-electron chi connectivity index (χ2n) is 4.99. The number of furan rings is 1. The van der Waals surface area contributed by atoms with Gasteiger partial charge in [-0.2, -0.15) is 0 Å². The Bertz CT molecular complexity index is 411. The maximum atomic E-state index is 12.2. The Morgan fingerprint density at radius 2 is 2.26 bits per heavy atom. The Kier molecular flexibility index (Phi) is 4.99. The Labute approximate surface area is 113 Å². The summed E-state index contributed by atoms with van der Waals surface area (Å²) >= 11 is 0. The summed E-state index contributed by atoms with van der Waals surface area (Å²) in [5.41, 5.74) is 0. The predicted octanol–water partition coefficient (Wildman–Crippen LogP) is 1.39. The first-order chi connectivity index (χ1) is 9.20. The molecule has 2 heterocycles. The van der Waals surface area contributed by atoms with Gasteiger partial charge in [-0.3, -0.25) is 4.79 Å². The Morgan fingerprint density at radius 3 is 2.84 bits per heavy atom. The SMILES string of the molecule is COCC(NC(=O)C1CCNCC1)c1ccc(C)o1. The van der Waals surface area contributed by atoms with E-state index in [1.165, 1.54) is 0 Å². The average molecular weight is 266 g/mol. The summed E-state index contributed by atoms with van der Waals surface area (Å²) < 4.78 is 10.7. The van der Waals surface area contributed by atoms with Crippen LogP contribution in [0.1, 0.15) is 30.4 Å². The number of rotatable bonds is 5. The highest BCUT2D eigenvalue weighted by Crippen LogP contribution is 2.19. The van der Waals surface area contributed by atoms with Crippen LogP contribution in [0.25, 0.3) is 0 Å². The zero-order valence-corrected chi connectivity index (χ0v) is 11.6. The molecule has 0 radical (unpaired) electrons. The standard InChI is InChI=1S/C14H22N2O3/c1-10-3-4-13(19-10)12(9-18-2)16-14(17)11-5-7-15-8-6-11/h3-4,11-12,15H,5-9H2,1-2H3,(H,16,17). The fraction of sp³-hybridized carbons (Fsp3) is 0.643. The summed E-state index contributed by atoms with van der Waals surface area (Å²) in [5.74, 6) is 1.78. The molecule has 2 N–H and O–H groups in total. The Balaban J connectivity index is 1.97. The molecule has 0 aromatic carbocycles. The largest absolute Gasteiger partial charge is 0.464 e. The van der Waals surface area contributed by atoms with Crippen LogP contribution in [-0.2, 0) is 9.53 Å². The molecule has 1 atom stereocenters. The fourth-order valence-corrected chi connectivity index (χ4v) is 2.38. The normalized spacial score (nSPS) is 18.2. The summed E-state index contributed by atoms with van der Waals surface area (Å²) in [5, 5.41) is 6.29. The molecule has 1 aliphatic heterocycles. The minimum atomic E-state index is -0.207. The molecule has 106 valence electrons. The van der Waals surface area contributed by atoms with Crippen LogP contribution < -0.4 is 10.6 Å². The molecule has 1 saturated heterocycles. The average Bonchev–Trinajstić information content (AvgIpc) is 2.86. The van der Waals surface area contributed by atoms with Crippen LogP contribution in [0.4, 0.5) is 0 Å². The van der Waals surface area contributed by atoms with Gasteiger partial charge in [0.05, 0.1) is 6.61 Å². The van der Waals surface area contributed by atoms with Crippen molar-refractivity contribution in [3.63, 3.8) is 0 Å². The van der Waals surface area contributed by atoms with Gasteiger partial charge in [0.2, 0.25) is 5.91 Å². The Hall–Kier alpha value is -1.33. The highest BCUT2D eigenvalue weighted by atomic mass is 16.5. The molecular formula is C14H22N2O3. The highest BCUT2D eigenvalue weighted by Gasteiger charge is 2.25. The molecule has 1 fully saturated rings. The van der Waals surface area contributed by atoms with Crippen molar-refractivity contribution in [3.8, 4) is 0 Å². The van der Waals surface area contributed by atoms with Gasteiger partial charge in [-0.1, -0.05) is 0 Å². The number of hydrogen-bond donors (Lipinski definition) is 2. The van der Waals surface area contributed by atoms with Crippen molar-refractivity contribution in [1.82, 2.24) is 10.6 Å². The first-order valence-corrected chi connectivity index (χ1v) is 6.77. The molecule has 0 saturated carbocycles. The topological polar surface area (TPSA) is 63.5 Å². The molecule has 1 aromatic heterocycles.